The fourth-order valence-electron chi connectivity index (χ4n) is 4.28. The highest BCUT2D eigenvalue weighted by atomic mass is 16.5. The van der Waals surface area contributed by atoms with Crippen molar-refractivity contribution in [1.82, 2.24) is 10.2 Å². The number of nitrogens with zero attached hydrogens (tertiary/aromatic N) is 1. The topological polar surface area (TPSA) is 41.6 Å². The van der Waals surface area contributed by atoms with E-state index in [2.05, 4.69) is 18.3 Å². The molecular weight excluding hydrogens is 324 g/mol. The Morgan fingerprint density at radius 2 is 1.88 bits per heavy atom. The Kier molecular flexibility index (Phi) is 7.36. The molecule has 1 atom stereocenters. The molecule has 4 heteroatoms. The molecule has 1 N–H and O–H groups in total. The molecule has 1 aromatic rings. The van der Waals surface area contributed by atoms with Crippen molar-refractivity contribution in [1.29, 1.82) is 0 Å². The molecule has 3 rings (SSSR count). The van der Waals surface area contributed by atoms with Gasteiger partial charge in [-0.1, -0.05) is 50.3 Å². The van der Waals surface area contributed by atoms with Crippen molar-refractivity contribution in [2.24, 2.45) is 5.92 Å². The minimum Gasteiger partial charge on any atom is -0.483 e. The summed E-state index contributed by atoms with van der Waals surface area (Å²) in [7, 11) is 0. The zero-order valence-corrected chi connectivity index (χ0v) is 16.2. The zero-order valence-electron chi connectivity index (χ0n) is 16.2. The summed E-state index contributed by atoms with van der Waals surface area (Å²) in [6, 6.07) is 8.59. The number of benzene rings is 1. The third-order valence-corrected chi connectivity index (χ3v) is 5.84. The van der Waals surface area contributed by atoms with E-state index < -0.39 is 0 Å². The summed E-state index contributed by atoms with van der Waals surface area (Å²) in [6.45, 7) is 4.99. The van der Waals surface area contributed by atoms with Gasteiger partial charge in [-0.25, -0.2) is 0 Å². The van der Waals surface area contributed by atoms with Crippen molar-refractivity contribution in [3.05, 3.63) is 29.8 Å². The second-order valence-corrected chi connectivity index (χ2v) is 8.01. The van der Waals surface area contributed by atoms with Crippen LogP contribution in [0.5, 0.6) is 5.75 Å². The summed E-state index contributed by atoms with van der Waals surface area (Å²) in [5.41, 5.74) is 1.14. The number of rotatable bonds is 8. The number of hydrogen-bond acceptors (Lipinski definition) is 3. The number of carbonyl (C=O) groups excluding carboxylic acids is 1. The third-order valence-electron chi connectivity index (χ3n) is 5.84. The molecule has 4 nitrogen and oxygen atoms in total. The van der Waals surface area contributed by atoms with Gasteiger partial charge in [-0.05, 0) is 38.2 Å². The van der Waals surface area contributed by atoms with Crippen molar-refractivity contribution in [3.63, 3.8) is 0 Å². The SMILES string of the molecule is CC(CC1CCCCC1)NCc1ccccc1OCC(=O)N1CCCC1. The number of carbonyl (C=O) groups is 1. The molecule has 1 saturated carbocycles. The first-order chi connectivity index (χ1) is 12.7. The maximum atomic E-state index is 12.2. The van der Waals surface area contributed by atoms with E-state index in [1.807, 2.05) is 23.1 Å². The van der Waals surface area contributed by atoms with Crippen molar-refractivity contribution in [2.45, 2.75) is 70.9 Å². The molecule has 2 aliphatic rings. The first kappa shape index (κ1) is 19.2. The predicted molar refractivity (Wildman–Crippen MR) is 105 cm³/mol. The number of para-hydroxylation sites is 1. The smallest absolute Gasteiger partial charge is 0.260 e. The lowest BCUT2D eigenvalue weighted by molar-refractivity contribution is -0.132. The van der Waals surface area contributed by atoms with Crippen LogP contribution in [0.4, 0.5) is 0 Å². The first-order valence-corrected chi connectivity index (χ1v) is 10.4. The van der Waals surface area contributed by atoms with Crippen molar-refractivity contribution in [3.8, 4) is 5.75 Å². The second-order valence-electron chi connectivity index (χ2n) is 8.01. The van der Waals surface area contributed by atoms with Gasteiger partial charge < -0.3 is 15.0 Å². The summed E-state index contributed by atoms with van der Waals surface area (Å²) in [4.78, 5) is 14.1. The van der Waals surface area contributed by atoms with E-state index >= 15 is 0 Å². The van der Waals surface area contributed by atoms with E-state index in [4.69, 9.17) is 4.74 Å². The van der Waals surface area contributed by atoms with Crippen LogP contribution < -0.4 is 10.1 Å². The second kappa shape index (κ2) is 9.96. The molecule has 0 spiro atoms. The molecular formula is C22H34N2O2. The predicted octanol–water partition coefficient (Wildman–Crippen LogP) is 4.14. The average Bonchev–Trinajstić information content (AvgIpc) is 3.21. The van der Waals surface area contributed by atoms with Gasteiger partial charge in [0.05, 0.1) is 0 Å². The Balaban J connectivity index is 1.46. The zero-order chi connectivity index (χ0) is 18.2. The highest BCUT2D eigenvalue weighted by Gasteiger charge is 2.19. The molecule has 1 saturated heterocycles. The molecule has 1 unspecified atom stereocenters. The van der Waals surface area contributed by atoms with Crippen molar-refractivity contribution in [2.75, 3.05) is 19.7 Å². The van der Waals surface area contributed by atoms with Gasteiger partial charge in [0.25, 0.3) is 5.91 Å². The molecule has 26 heavy (non-hydrogen) atoms. The molecule has 1 heterocycles. The van der Waals surface area contributed by atoms with Crippen LogP contribution in [0.2, 0.25) is 0 Å². The number of ether oxygens (including phenoxy) is 1. The maximum Gasteiger partial charge on any atom is 0.260 e. The lowest BCUT2D eigenvalue weighted by Crippen LogP contribution is -2.32. The van der Waals surface area contributed by atoms with Crippen LogP contribution in [0.15, 0.2) is 24.3 Å². The van der Waals surface area contributed by atoms with Crippen LogP contribution in [-0.4, -0.2) is 36.5 Å². The Bertz CT molecular complexity index is 563. The van der Waals surface area contributed by atoms with Crippen LogP contribution in [0, 0.1) is 5.92 Å². The van der Waals surface area contributed by atoms with Gasteiger partial charge in [0.2, 0.25) is 0 Å². The highest BCUT2D eigenvalue weighted by Crippen LogP contribution is 2.27. The van der Waals surface area contributed by atoms with Gasteiger partial charge >= 0.3 is 0 Å². The molecule has 1 aliphatic heterocycles. The van der Waals surface area contributed by atoms with Crippen LogP contribution in [0.25, 0.3) is 0 Å². The Morgan fingerprint density at radius 3 is 2.65 bits per heavy atom. The minimum absolute atomic E-state index is 0.107. The van der Waals surface area contributed by atoms with Gasteiger partial charge in [-0.2, -0.15) is 0 Å². The normalized spacial score (nSPS) is 19.5. The summed E-state index contributed by atoms with van der Waals surface area (Å²) in [6.07, 6.45) is 10.5. The summed E-state index contributed by atoms with van der Waals surface area (Å²) >= 11 is 0. The molecule has 1 amide bonds. The largest absolute Gasteiger partial charge is 0.483 e. The molecule has 0 radical (unpaired) electrons. The third kappa shape index (κ3) is 5.73. The Morgan fingerprint density at radius 1 is 1.15 bits per heavy atom. The lowest BCUT2D eigenvalue weighted by atomic mass is 9.85. The molecule has 2 fully saturated rings. The quantitative estimate of drug-likeness (QED) is 0.759. The molecule has 0 aromatic heterocycles. The van der Waals surface area contributed by atoms with E-state index in [0.29, 0.717) is 6.04 Å². The van der Waals surface area contributed by atoms with Gasteiger partial charge in [-0.15, -0.1) is 0 Å². The minimum atomic E-state index is 0.107. The van der Waals surface area contributed by atoms with Gasteiger partial charge in [0, 0.05) is 31.2 Å². The lowest BCUT2D eigenvalue weighted by Gasteiger charge is -2.25. The van der Waals surface area contributed by atoms with E-state index in [1.165, 1.54) is 38.5 Å². The number of amides is 1. The van der Waals surface area contributed by atoms with E-state index in [9.17, 15) is 4.79 Å². The number of hydrogen-bond donors (Lipinski definition) is 1. The van der Waals surface area contributed by atoms with E-state index in [-0.39, 0.29) is 12.5 Å². The maximum absolute atomic E-state index is 12.2. The fourth-order valence-corrected chi connectivity index (χ4v) is 4.28. The number of nitrogens with one attached hydrogen (secondary N) is 1. The van der Waals surface area contributed by atoms with Crippen LogP contribution in [-0.2, 0) is 11.3 Å². The highest BCUT2D eigenvalue weighted by molar-refractivity contribution is 5.78. The van der Waals surface area contributed by atoms with Crippen molar-refractivity contribution < 1.29 is 9.53 Å². The summed E-state index contributed by atoms with van der Waals surface area (Å²) < 4.78 is 5.86. The van der Waals surface area contributed by atoms with E-state index in [0.717, 1.165) is 49.7 Å². The monoisotopic (exact) mass is 358 g/mol. The van der Waals surface area contributed by atoms with Crippen LogP contribution in [0.3, 0.4) is 0 Å². The molecule has 1 aromatic carbocycles. The molecule has 144 valence electrons. The fraction of sp³-hybridized carbons (Fsp3) is 0.682. The van der Waals surface area contributed by atoms with Gasteiger partial charge in [-0.3, -0.25) is 4.79 Å². The standard InChI is InChI=1S/C22H34N2O2/c1-18(15-19-9-3-2-4-10-19)23-16-20-11-5-6-12-21(20)26-17-22(25)24-13-7-8-14-24/h5-6,11-12,18-19,23H,2-4,7-10,13-17H2,1H3. The van der Waals surface area contributed by atoms with Crippen LogP contribution in [0.1, 0.15) is 63.9 Å². The number of likely N-dealkylation sites (tertiary alicyclic amines) is 1. The first-order valence-electron chi connectivity index (χ1n) is 10.4. The van der Waals surface area contributed by atoms with Gasteiger partial charge in [0.15, 0.2) is 6.61 Å². The molecule has 0 bridgehead atoms. The van der Waals surface area contributed by atoms with Crippen LogP contribution >= 0.6 is 0 Å². The average molecular weight is 359 g/mol. The summed E-state index contributed by atoms with van der Waals surface area (Å²) in [5, 5.41) is 3.65. The Hall–Kier alpha value is -1.55. The Labute approximate surface area is 158 Å². The summed E-state index contributed by atoms with van der Waals surface area (Å²) in [5.74, 6) is 1.82. The van der Waals surface area contributed by atoms with Crippen molar-refractivity contribution >= 4 is 5.91 Å². The van der Waals surface area contributed by atoms with Gasteiger partial charge in [0.1, 0.15) is 5.75 Å². The van der Waals surface area contributed by atoms with E-state index in [1.54, 1.807) is 0 Å². The molecule has 1 aliphatic carbocycles.